The van der Waals surface area contributed by atoms with Crippen molar-refractivity contribution in [1.82, 2.24) is 15.0 Å². The minimum absolute atomic E-state index is 0.0919. The van der Waals surface area contributed by atoms with Crippen molar-refractivity contribution in [1.29, 1.82) is 0 Å². The molecule has 0 aliphatic rings. The van der Waals surface area contributed by atoms with Gasteiger partial charge in [-0.05, 0) is 25.3 Å². The fourth-order valence-corrected chi connectivity index (χ4v) is 2.19. The Hall–Kier alpha value is -1.97. The molecule has 1 heterocycles. The number of aromatic nitrogens is 3. The topological polar surface area (TPSA) is 47.8 Å². The van der Waals surface area contributed by atoms with Crippen molar-refractivity contribution in [2.45, 2.75) is 39.2 Å². The molecule has 0 fully saturated rings. The SMILES string of the molecule is CCCCc1c(C=O)nnn1C(C)c1ccccc1. The number of benzene rings is 1. The van der Waals surface area contributed by atoms with E-state index in [0.717, 1.165) is 31.2 Å². The first kappa shape index (κ1) is 13.5. The number of hydrogen-bond acceptors (Lipinski definition) is 3. The van der Waals surface area contributed by atoms with E-state index >= 15 is 0 Å². The van der Waals surface area contributed by atoms with Gasteiger partial charge in [0.25, 0.3) is 0 Å². The van der Waals surface area contributed by atoms with Crippen LogP contribution in [0, 0.1) is 0 Å². The summed E-state index contributed by atoms with van der Waals surface area (Å²) in [5, 5.41) is 8.13. The van der Waals surface area contributed by atoms with Gasteiger partial charge in [-0.3, -0.25) is 4.79 Å². The molecule has 0 radical (unpaired) electrons. The fraction of sp³-hybridized carbons (Fsp3) is 0.400. The van der Waals surface area contributed by atoms with Crippen molar-refractivity contribution in [3.63, 3.8) is 0 Å². The van der Waals surface area contributed by atoms with Crippen molar-refractivity contribution >= 4 is 6.29 Å². The molecule has 0 N–H and O–H groups in total. The van der Waals surface area contributed by atoms with E-state index in [1.54, 1.807) is 0 Å². The zero-order chi connectivity index (χ0) is 13.7. The van der Waals surface area contributed by atoms with Crippen molar-refractivity contribution < 1.29 is 4.79 Å². The van der Waals surface area contributed by atoms with E-state index < -0.39 is 0 Å². The summed E-state index contributed by atoms with van der Waals surface area (Å²) in [5.74, 6) is 0. The van der Waals surface area contributed by atoms with Gasteiger partial charge in [0.1, 0.15) is 5.69 Å². The van der Waals surface area contributed by atoms with Crippen LogP contribution >= 0.6 is 0 Å². The lowest BCUT2D eigenvalue weighted by atomic mass is 10.1. The summed E-state index contributed by atoms with van der Waals surface area (Å²) in [6, 6.07) is 10.2. The maximum absolute atomic E-state index is 11.0. The van der Waals surface area contributed by atoms with Crippen LogP contribution in [0.3, 0.4) is 0 Å². The summed E-state index contributed by atoms with van der Waals surface area (Å²) in [7, 11) is 0. The van der Waals surface area contributed by atoms with Crippen LogP contribution in [0.4, 0.5) is 0 Å². The molecule has 4 heteroatoms. The van der Waals surface area contributed by atoms with E-state index in [-0.39, 0.29) is 6.04 Å². The predicted molar refractivity (Wildman–Crippen MR) is 74.3 cm³/mol. The second kappa shape index (κ2) is 6.27. The van der Waals surface area contributed by atoms with E-state index in [2.05, 4.69) is 36.3 Å². The molecular weight excluding hydrogens is 238 g/mol. The standard InChI is InChI=1S/C15H19N3O/c1-3-4-10-15-14(11-19)16-17-18(15)12(2)13-8-6-5-7-9-13/h5-9,11-12H,3-4,10H2,1-2H3. The number of carbonyl (C=O) groups is 1. The Morgan fingerprint density at radius 3 is 2.68 bits per heavy atom. The van der Waals surface area contributed by atoms with Gasteiger partial charge >= 0.3 is 0 Å². The van der Waals surface area contributed by atoms with E-state index in [0.29, 0.717) is 5.69 Å². The average Bonchev–Trinajstić information content (AvgIpc) is 2.88. The van der Waals surface area contributed by atoms with E-state index in [1.165, 1.54) is 5.56 Å². The lowest BCUT2D eigenvalue weighted by molar-refractivity contribution is 0.111. The molecule has 1 unspecified atom stereocenters. The van der Waals surface area contributed by atoms with Gasteiger partial charge in [-0.1, -0.05) is 48.9 Å². The van der Waals surface area contributed by atoms with Crippen LogP contribution in [0.15, 0.2) is 30.3 Å². The molecule has 0 saturated heterocycles. The quantitative estimate of drug-likeness (QED) is 0.747. The third kappa shape index (κ3) is 2.89. The molecular formula is C15H19N3O. The molecule has 0 aliphatic heterocycles. The monoisotopic (exact) mass is 257 g/mol. The number of aldehydes is 1. The molecule has 0 saturated carbocycles. The van der Waals surface area contributed by atoms with Crippen LogP contribution in [0.1, 0.15) is 54.5 Å². The molecule has 19 heavy (non-hydrogen) atoms. The van der Waals surface area contributed by atoms with Gasteiger partial charge in [-0.15, -0.1) is 5.10 Å². The van der Waals surface area contributed by atoms with E-state index in [4.69, 9.17) is 0 Å². The molecule has 1 aromatic heterocycles. The number of rotatable bonds is 6. The number of nitrogens with zero attached hydrogens (tertiary/aromatic N) is 3. The van der Waals surface area contributed by atoms with Crippen LogP contribution in [-0.4, -0.2) is 21.3 Å². The molecule has 2 rings (SSSR count). The number of carbonyl (C=O) groups excluding carboxylic acids is 1. The molecule has 2 aromatic rings. The summed E-state index contributed by atoms with van der Waals surface area (Å²) in [5.41, 5.74) is 2.58. The summed E-state index contributed by atoms with van der Waals surface area (Å²) in [6.07, 6.45) is 3.76. The van der Waals surface area contributed by atoms with Crippen LogP contribution < -0.4 is 0 Å². The fourth-order valence-electron chi connectivity index (χ4n) is 2.19. The summed E-state index contributed by atoms with van der Waals surface area (Å²) in [6.45, 7) is 4.21. The normalized spacial score (nSPS) is 12.3. The Labute approximate surface area is 113 Å². The summed E-state index contributed by atoms with van der Waals surface area (Å²) >= 11 is 0. The highest BCUT2D eigenvalue weighted by Crippen LogP contribution is 2.20. The molecule has 100 valence electrons. The maximum atomic E-state index is 11.0. The van der Waals surface area contributed by atoms with Crippen molar-refractivity contribution in [2.75, 3.05) is 0 Å². The Bertz CT molecular complexity index is 534. The first-order valence-electron chi connectivity index (χ1n) is 6.72. The highest BCUT2D eigenvalue weighted by molar-refractivity contribution is 5.73. The summed E-state index contributed by atoms with van der Waals surface area (Å²) in [4.78, 5) is 11.0. The van der Waals surface area contributed by atoms with Crippen molar-refractivity contribution in [2.24, 2.45) is 0 Å². The third-order valence-electron chi connectivity index (χ3n) is 3.35. The van der Waals surface area contributed by atoms with Gasteiger partial charge in [0, 0.05) is 0 Å². The number of unbranched alkanes of at least 4 members (excludes halogenated alkanes) is 1. The summed E-state index contributed by atoms with van der Waals surface area (Å²) < 4.78 is 1.87. The van der Waals surface area contributed by atoms with Crippen molar-refractivity contribution in [3.05, 3.63) is 47.3 Å². The van der Waals surface area contributed by atoms with Crippen LogP contribution in [0.5, 0.6) is 0 Å². The lowest BCUT2D eigenvalue weighted by Gasteiger charge is -2.15. The van der Waals surface area contributed by atoms with Gasteiger partial charge in [0.05, 0.1) is 11.7 Å². The highest BCUT2D eigenvalue weighted by Gasteiger charge is 2.17. The minimum atomic E-state index is 0.0919. The lowest BCUT2D eigenvalue weighted by Crippen LogP contribution is -2.12. The van der Waals surface area contributed by atoms with Gasteiger partial charge < -0.3 is 0 Å². The van der Waals surface area contributed by atoms with Crippen LogP contribution in [-0.2, 0) is 6.42 Å². The first-order valence-corrected chi connectivity index (χ1v) is 6.72. The van der Waals surface area contributed by atoms with Gasteiger partial charge in [-0.2, -0.15) is 0 Å². The minimum Gasteiger partial charge on any atom is -0.296 e. The highest BCUT2D eigenvalue weighted by atomic mass is 16.1. The Morgan fingerprint density at radius 1 is 1.32 bits per heavy atom. The Kier molecular flexibility index (Phi) is 4.44. The molecule has 1 atom stereocenters. The van der Waals surface area contributed by atoms with E-state index in [1.807, 2.05) is 22.9 Å². The Morgan fingerprint density at radius 2 is 2.05 bits per heavy atom. The predicted octanol–water partition coefficient (Wildman–Crippen LogP) is 3.04. The van der Waals surface area contributed by atoms with Gasteiger partial charge in [0.2, 0.25) is 0 Å². The smallest absolute Gasteiger partial charge is 0.172 e. The largest absolute Gasteiger partial charge is 0.296 e. The molecule has 0 spiro atoms. The zero-order valence-corrected chi connectivity index (χ0v) is 11.4. The molecule has 1 aromatic carbocycles. The zero-order valence-electron chi connectivity index (χ0n) is 11.4. The molecule has 0 amide bonds. The molecule has 0 aliphatic carbocycles. The third-order valence-corrected chi connectivity index (χ3v) is 3.35. The van der Waals surface area contributed by atoms with Crippen LogP contribution in [0.25, 0.3) is 0 Å². The van der Waals surface area contributed by atoms with Crippen molar-refractivity contribution in [3.8, 4) is 0 Å². The second-order valence-electron chi connectivity index (χ2n) is 4.67. The van der Waals surface area contributed by atoms with Gasteiger partial charge in [0.15, 0.2) is 6.29 Å². The first-order chi connectivity index (χ1) is 9.27. The van der Waals surface area contributed by atoms with Gasteiger partial charge in [-0.25, -0.2) is 4.68 Å². The Balaban J connectivity index is 2.33. The van der Waals surface area contributed by atoms with E-state index in [9.17, 15) is 4.79 Å². The van der Waals surface area contributed by atoms with Crippen LogP contribution in [0.2, 0.25) is 0 Å². The average molecular weight is 257 g/mol. The molecule has 0 bridgehead atoms. The second-order valence-corrected chi connectivity index (χ2v) is 4.67. The number of hydrogen-bond donors (Lipinski definition) is 0. The maximum Gasteiger partial charge on any atom is 0.172 e. The molecule has 4 nitrogen and oxygen atoms in total.